The van der Waals surface area contributed by atoms with Crippen molar-refractivity contribution in [1.82, 2.24) is 4.90 Å². The summed E-state index contributed by atoms with van der Waals surface area (Å²) in [6.07, 6.45) is -0.142. The fourth-order valence-electron chi connectivity index (χ4n) is 1.90. The Kier molecular flexibility index (Phi) is 6.23. The lowest BCUT2D eigenvalue weighted by Crippen LogP contribution is -2.33. The predicted octanol–water partition coefficient (Wildman–Crippen LogP) is 1.18. The average Bonchev–Trinajstić information content (AvgIpc) is 2.36. The zero-order valence-electron chi connectivity index (χ0n) is 12.2. The van der Waals surface area contributed by atoms with E-state index in [-0.39, 0.29) is 19.1 Å². The van der Waals surface area contributed by atoms with Gasteiger partial charge >= 0.3 is 0 Å². The normalized spacial score (nSPS) is 11.4. The van der Waals surface area contributed by atoms with Crippen molar-refractivity contribution in [3.05, 3.63) is 34.9 Å². The van der Waals surface area contributed by atoms with Crippen LogP contribution in [0, 0.1) is 18.8 Å². The number of likely N-dealkylation sites (N-methyl/N-ethyl adjacent to an activating group) is 1. The van der Waals surface area contributed by atoms with Gasteiger partial charge in [0.05, 0.1) is 12.7 Å². The van der Waals surface area contributed by atoms with Crippen LogP contribution in [0.2, 0.25) is 0 Å². The fourth-order valence-corrected chi connectivity index (χ4v) is 1.90. The van der Waals surface area contributed by atoms with Crippen molar-refractivity contribution < 1.29 is 15.0 Å². The summed E-state index contributed by atoms with van der Waals surface area (Å²) in [7, 11) is 1.66. The third-order valence-corrected chi connectivity index (χ3v) is 2.68. The van der Waals surface area contributed by atoms with E-state index in [2.05, 4.69) is 11.8 Å². The smallest absolute Gasteiger partial charge is 0.253 e. The van der Waals surface area contributed by atoms with Gasteiger partial charge in [0.1, 0.15) is 0 Å². The molecule has 1 aromatic rings. The number of aliphatic hydroxyl groups excluding tert-OH is 2. The predicted molar refractivity (Wildman–Crippen MR) is 78.4 cm³/mol. The van der Waals surface area contributed by atoms with Crippen molar-refractivity contribution in [2.45, 2.75) is 26.4 Å². The van der Waals surface area contributed by atoms with Gasteiger partial charge in [0, 0.05) is 31.1 Å². The summed E-state index contributed by atoms with van der Waals surface area (Å²) < 4.78 is 0. The molecule has 1 amide bonds. The van der Waals surface area contributed by atoms with E-state index < -0.39 is 6.10 Å². The van der Waals surface area contributed by atoms with Gasteiger partial charge in [-0.15, -0.1) is 0 Å². The fraction of sp³-hybridized carbons (Fsp3) is 0.438. The highest BCUT2D eigenvalue weighted by Gasteiger charge is 2.14. The number of aryl methyl sites for hydroxylation is 1. The number of hydrogen-bond donors (Lipinski definition) is 2. The first kappa shape index (κ1) is 16.2. The summed E-state index contributed by atoms with van der Waals surface area (Å²) in [4.78, 5) is 13.7. The first-order valence-corrected chi connectivity index (χ1v) is 6.59. The van der Waals surface area contributed by atoms with Crippen molar-refractivity contribution in [3.8, 4) is 11.8 Å². The molecule has 0 radical (unpaired) electrons. The second-order valence-corrected chi connectivity index (χ2v) is 4.90. The van der Waals surface area contributed by atoms with Crippen molar-refractivity contribution in [3.63, 3.8) is 0 Å². The van der Waals surface area contributed by atoms with Gasteiger partial charge in [-0.3, -0.25) is 4.79 Å². The van der Waals surface area contributed by atoms with Gasteiger partial charge in [-0.05, 0) is 37.6 Å². The van der Waals surface area contributed by atoms with Crippen molar-refractivity contribution in [1.29, 1.82) is 0 Å². The number of hydrogen-bond acceptors (Lipinski definition) is 3. The number of rotatable bonds is 4. The van der Waals surface area contributed by atoms with Gasteiger partial charge in [0.2, 0.25) is 0 Å². The zero-order valence-corrected chi connectivity index (χ0v) is 12.2. The summed E-state index contributed by atoms with van der Waals surface area (Å²) in [6, 6.07) is 5.44. The number of carbonyl (C=O) groups is 1. The van der Waals surface area contributed by atoms with Gasteiger partial charge in [-0.25, -0.2) is 0 Å². The SMILES string of the molecule is Cc1cc(C#CCCO)cc(C(=O)N(C)CC(C)O)c1. The summed E-state index contributed by atoms with van der Waals surface area (Å²) >= 11 is 0. The molecule has 4 heteroatoms. The first-order chi connectivity index (χ1) is 9.43. The summed E-state index contributed by atoms with van der Waals surface area (Å²) in [6.45, 7) is 3.87. The highest BCUT2D eigenvalue weighted by molar-refractivity contribution is 5.94. The second kappa shape index (κ2) is 7.68. The topological polar surface area (TPSA) is 60.8 Å². The minimum Gasteiger partial charge on any atom is -0.395 e. The van der Waals surface area contributed by atoms with E-state index in [1.165, 1.54) is 4.90 Å². The maximum absolute atomic E-state index is 12.2. The molecular weight excluding hydrogens is 254 g/mol. The van der Waals surface area contributed by atoms with E-state index in [4.69, 9.17) is 5.11 Å². The molecule has 0 saturated heterocycles. The lowest BCUT2D eigenvalue weighted by Gasteiger charge is -2.19. The summed E-state index contributed by atoms with van der Waals surface area (Å²) in [5.74, 6) is 5.63. The van der Waals surface area contributed by atoms with Crippen LogP contribution in [0.3, 0.4) is 0 Å². The summed E-state index contributed by atoms with van der Waals surface area (Å²) in [5.41, 5.74) is 2.27. The quantitative estimate of drug-likeness (QED) is 0.811. The average molecular weight is 275 g/mol. The molecule has 0 saturated carbocycles. The molecule has 0 heterocycles. The third kappa shape index (κ3) is 5.04. The van der Waals surface area contributed by atoms with Crippen LogP contribution < -0.4 is 0 Å². The Morgan fingerprint density at radius 3 is 2.70 bits per heavy atom. The maximum atomic E-state index is 12.2. The Bertz CT molecular complexity index is 526. The molecule has 0 aliphatic carbocycles. The molecule has 4 nitrogen and oxygen atoms in total. The van der Waals surface area contributed by atoms with Gasteiger partial charge < -0.3 is 15.1 Å². The number of benzene rings is 1. The van der Waals surface area contributed by atoms with Crippen LogP contribution in [0.25, 0.3) is 0 Å². The van der Waals surface area contributed by atoms with Gasteiger partial charge in [0.25, 0.3) is 5.91 Å². The van der Waals surface area contributed by atoms with E-state index in [0.717, 1.165) is 11.1 Å². The number of carbonyl (C=O) groups excluding carboxylic acids is 1. The largest absolute Gasteiger partial charge is 0.395 e. The van der Waals surface area contributed by atoms with E-state index >= 15 is 0 Å². The highest BCUT2D eigenvalue weighted by atomic mass is 16.3. The molecule has 108 valence electrons. The molecule has 0 spiro atoms. The van der Waals surface area contributed by atoms with E-state index in [1.807, 2.05) is 13.0 Å². The molecule has 20 heavy (non-hydrogen) atoms. The van der Waals surface area contributed by atoms with Crippen LogP contribution in [-0.2, 0) is 0 Å². The molecule has 1 atom stereocenters. The Morgan fingerprint density at radius 2 is 2.10 bits per heavy atom. The van der Waals surface area contributed by atoms with Crippen LogP contribution in [0.5, 0.6) is 0 Å². The van der Waals surface area contributed by atoms with Crippen molar-refractivity contribution in [2.75, 3.05) is 20.2 Å². The molecule has 0 bridgehead atoms. The Labute approximate surface area is 120 Å². The standard InChI is InChI=1S/C16H21NO3/c1-12-8-14(6-4-5-7-18)10-15(9-12)16(20)17(3)11-13(2)19/h8-10,13,18-19H,5,7,11H2,1-3H3. The van der Waals surface area contributed by atoms with Crippen LogP contribution in [0.15, 0.2) is 18.2 Å². The number of nitrogens with zero attached hydrogens (tertiary/aromatic N) is 1. The number of amides is 1. The lowest BCUT2D eigenvalue weighted by molar-refractivity contribution is 0.0703. The van der Waals surface area contributed by atoms with Crippen molar-refractivity contribution >= 4 is 5.91 Å². The van der Waals surface area contributed by atoms with Gasteiger partial charge in [-0.2, -0.15) is 0 Å². The van der Waals surface area contributed by atoms with E-state index in [0.29, 0.717) is 12.0 Å². The van der Waals surface area contributed by atoms with Gasteiger partial charge in [-0.1, -0.05) is 11.8 Å². The van der Waals surface area contributed by atoms with Crippen LogP contribution >= 0.6 is 0 Å². The maximum Gasteiger partial charge on any atom is 0.253 e. The zero-order chi connectivity index (χ0) is 15.1. The van der Waals surface area contributed by atoms with Crippen LogP contribution in [-0.4, -0.2) is 47.3 Å². The van der Waals surface area contributed by atoms with Crippen LogP contribution in [0.4, 0.5) is 0 Å². The molecule has 0 aliphatic heterocycles. The Balaban J connectivity index is 2.96. The van der Waals surface area contributed by atoms with Crippen molar-refractivity contribution in [2.24, 2.45) is 0 Å². The molecule has 2 N–H and O–H groups in total. The molecule has 0 fully saturated rings. The summed E-state index contributed by atoms with van der Waals surface area (Å²) in [5, 5.41) is 18.0. The van der Waals surface area contributed by atoms with Crippen LogP contribution in [0.1, 0.15) is 34.8 Å². The second-order valence-electron chi connectivity index (χ2n) is 4.90. The highest BCUT2D eigenvalue weighted by Crippen LogP contribution is 2.11. The minimum absolute atomic E-state index is 0.0295. The molecule has 1 unspecified atom stereocenters. The van der Waals surface area contributed by atoms with Gasteiger partial charge in [0.15, 0.2) is 0 Å². The first-order valence-electron chi connectivity index (χ1n) is 6.59. The minimum atomic E-state index is -0.558. The molecule has 1 aromatic carbocycles. The molecule has 0 aliphatic rings. The lowest BCUT2D eigenvalue weighted by atomic mass is 10.1. The molecular formula is C16H21NO3. The number of aliphatic hydroxyl groups is 2. The molecule has 0 aromatic heterocycles. The Hall–Kier alpha value is -1.83. The van der Waals surface area contributed by atoms with E-state index in [9.17, 15) is 9.90 Å². The molecule has 1 rings (SSSR count). The third-order valence-electron chi connectivity index (χ3n) is 2.68. The Morgan fingerprint density at radius 1 is 1.40 bits per heavy atom. The van der Waals surface area contributed by atoms with E-state index in [1.54, 1.807) is 26.1 Å². The monoisotopic (exact) mass is 275 g/mol.